The number of nitrogens with zero attached hydrogens (tertiary/aromatic N) is 3. The van der Waals surface area contributed by atoms with Crippen LogP contribution >= 0.6 is 0 Å². The van der Waals surface area contributed by atoms with E-state index in [2.05, 4.69) is 31.3 Å². The molecule has 2 aliphatic heterocycles. The normalized spacial score (nSPS) is 19.9. The smallest absolute Gasteiger partial charge is 0.320 e. The number of benzene rings is 1. The van der Waals surface area contributed by atoms with Crippen molar-refractivity contribution in [2.24, 2.45) is 0 Å². The molecule has 35 heavy (non-hydrogen) atoms. The zero-order valence-electron chi connectivity index (χ0n) is 20.1. The number of hydrogen-bond acceptors (Lipinski definition) is 7. The van der Waals surface area contributed by atoms with E-state index >= 15 is 0 Å². The number of likely N-dealkylation sites (tertiary alicyclic amines) is 1. The summed E-state index contributed by atoms with van der Waals surface area (Å²) in [5.41, 5.74) is -0.0545. The highest BCUT2D eigenvalue weighted by atomic mass is 16.5. The van der Waals surface area contributed by atoms with Crippen LogP contribution in [0.1, 0.15) is 29.8 Å². The van der Waals surface area contributed by atoms with Crippen molar-refractivity contribution in [3.8, 4) is 5.69 Å². The van der Waals surface area contributed by atoms with Crippen LogP contribution in [0, 0.1) is 0 Å². The summed E-state index contributed by atoms with van der Waals surface area (Å²) in [6.07, 6.45) is 2.01. The summed E-state index contributed by atoms with van der Waals surface area (Å²) in [7, 11) is 1.68. The molecular formula is C24H35N7O4. The zero-order valence-corrected chi connectivity index (χ0v) is 20.1. The largest absolute Gasteiger partial charge is 0.388 e. The number of amides is 3. The maximum Gasteiger partial charge on any atom is 0.320 e. The second-order valence-electron chi connectivity index (χ2n) is 9.20. The Hall–Kier alpha value is -2.99. The lowest BCUT2D eigenvalue weighted by molar-refractivity contribution is 0.0112. The molecule has 4 rings (SSSR count). The Morgan fingerprint density at radius 2 is 2.03 bits per heavy atom. The van der Waals surface area contributed by atoms with Gasteiger partial charge in [0, 0.05) is 45.4 Å². The molecule has 11 nitrogen and oxygen atoms in total. The van der Waals surface area contributed by atoms with E-state index in [1.54, 1.807) is 13.2 Å². The second-order valence-corrected chi connectivity index (χ2v) is 9.20. The maximum absolute atomic E-state index is 12.9. The lowest BCUT2D eigenvalue weighted by Crippen LogP contribution is -2.49. The minimum atomic E-state index is -0.928. The van der Waals surface area contributed by atoms with Gasteiger partial charge in [0.25, 0.3) is 5.91 Å². The summed E-state index contributed by atoms with van der Waals surface area (Å²) < 4.78 is 6.67. The van der Waals surface area contributed by atoms with Crippen molar-refractivity contribution in [2.75, 3.05) is 58.3 Å². The summed E-state index contributed by atoms with van der Waals surface area (Å²) in [6, 6.07) is 10.5. The number of carbonyl (C=O) groups is 2. The van der Waals surface area contributed by atoms with E-state index in [-0.39, 0.29) is 24.3 Å². The van der Waals surface area contributed by atoms with E-state index in [1.807, 2.05) is 30.3 Å². The fraction of sp³-hybridized carbons (Fsp3) is 0.542. The summed E-state index contributed by atoms with van der Waals surface area (Å²) in [4.78, 5) is 27.9. The number of anilines is 1. The van der Waals surface area contributed by atoms with Crippen LogP contribution in [0.5, 0.6) is 0 Å². The Morgan fingerprint density at radius 3 is 2.77 bits per heavy atom. The summed E-state index contributed by atoms with van der Waals surface area (Å²) in [5, 5.41) is 27.0. The van der Waals surface area contributed by atoms with Gasteiger partial charge < -0.3 is 25.8 Å². The molecule has 0 saturated carbocycles. The number of nitrogens with one attached hydrogen (secondary N) is 4. The fourth-order valence-electron chi connectivity index (χ4n) is 4.46. The number of hydrogen-bond donors (Lipinski definition) is 5. The molecule has 1 aromatic heterocycles. The molecular weight excluding hydrogens is 450 g/mol. The highest BCUT2D eigenvalue weighted by Crippen LogP contribution is 2.19. The zero-order chi connectivity index (χ0) is 24.7. The molecule has 3 amide bonds. The topological polar surface area (TPSA) is 133 Å². The monoisotopic (exact) mass is 485 g/mol. The summed E-state index contributed by atoms with van der Waals surface area (Å²) in [6.45, 7) is 4.74. The Labute approximate surface area is 205 Å². The van der Waals surface area contributed by atoms with Crippen molar-refractivity contribution < 1.29 is 19.4 Å². The molecule has 5 N–H and O–H groups in total. The third-order valence-corrected chi connectivity index (χ3v) is 6.52. The first-order valence-electron chi connectivity index (χ1n) is 12.1. The number of rotatable bonds is 9. The van der Waals surface area contributed by atoms with E-state index < -0.39 is 11.5 Å². The van der Waals surface area contributed by atoms with Crippen molar-refractivity contribution in [1.29, 1.82) is 0 Å². The molecule has 0 radical (unpaired) electrons. The van der Waals surface area contributed by atoms with Crippen molar-refractivity contribution in [3.63, 3.8) is 0 Å². The minimum absolute atomic E-state index is 0.0356. The molecule has 0 bridgehead atoms. The Bertz CT molecular complexity index is 991. The molecule has 2 aromatic rings. The first-order valence-corrected chi connectivity index (χ1v) is 12.1. The van der Waals surface area contributed by atoms with Gasteiger partial charge in [0.05, 0.1) is 17.9 Å². The van der Waals surface area contributed by atoms with Crippen LogP contribution < -0.4 is 21.3 Å². The van der Waals surface area contributed by atoms with E-state index in [0.717, 1.165) is 26.1 Å². The predicted molar refractivity (Wildman–Crippen MR) is 132 cm³/mol. The van der Waals surface area contributed by atoms with Gasteiger partial charge in [0.15, 0.2) is 5.69 Å². The molecule has 11 heteroatoms. The third-order valence-electron chi connectivity index (χ3n) is 6.52. The first-order chi connectivity index (χ1) is 17.0. The molecule has 1 aromatic carbocycles. The number of aromatic nitrogens is 2. The van der Waals surface area contributed by atoms with Crippen molar-refractivity contribution in [2.45, 2.75) is 30.9 Å². The average molecular weight is 486 g/mol. The van der Waals surface area contributed by atoms with E-state index in [9.17, 15) is 14.7 Å². The highest BCUT2D eigenvalue weighted by molar-refractivity contribution is 5.95. The van der Waals surface area contributed by atoms with Crippen LogP contribution in [-0.4, -0.2) is 96.4 Å². The lowest BCUT2D eigenvalue weighted by atomic mass is 9.92. The van der Waals surface area contributed by atoms with Crippen LogP contribution in [0.25, 0.3) is 5.69 Å². The van der Waals surface area contributed by atoms with E-state index in [4.69, 9.17) is 4.74 Å². The predicted octanol–water partition coefficient (Wildman–Crippen LogP) is 0.559. The average Bonchev–Trinajstić information content (AvgIpc) is 3.49. The van der Waals surface area contributed by atoms with E-state index in [1.165, 1.54) is 4.68 Å². The van der Waals surface area contributed by atoms with Crippen molar-refractivity contribution in [3.05, 3.63) is 42.1 Å². The van der Waals surface area contributed by atoms with Crippen LogP contribution in [0.3, 0.4) is 0 Å². The quantitative estimate of drug-likeness (QED) is 0.351. The molecule has 0 spiro atoms. The van der Waals surface area contributed by atoms with Gasteiger partial charge in [-0.25, -0.2) is 9.48 Å². The number of urea groups is 1. The lowest BCUT2D eigenvalue weighted by Gasteiger charge is -2.32. The SMILES string of the molecule is COCCN1CCC(NC(=O)Nc2cc(C(=O)NCC3(O)CCNCC3)nn2-c2ccccc2)C1. The number of ether oxygens (including phenoxy) is 1. The molecule has 1 unspecified atom stereocenters. The minimum Gasteiger partial charge on any atom is -0.388 e. The number of aliphatic hydroxyl groups is 1. The molecule has 2 fully saturated rings. The van der Waals surface area contributed by atoms with Crippen molar-refractivity contribution in [1.82, 2.24) is 30.6 Å². The fourth-order valence-corrected chi connectivity index (χ4v) is 4.46. The number of para-hydroxylation sites is 1. The Balaban J connectivity index is 1.42. The summed E-state index contributed by atoms with van der Waals surface area (Å²) in [5.74, 6) is -0.0201. The van der Waals surface area contributed by atoms with Gasteiger partial charge >= 0.3 is 6.03 Å². The molecule has 3 heterocycles. The number of piperidine rings is 1. The van der Waals surface area contributed by atoms with Crippen molar-refractivity contribution >= 4 is 17.8 Å². The van der Waals surface area contributed by atoms with E-state index in [0.29, 0.717) is 44.0 Å². The molecule has 190 valence electrons. The third kappa shape index (κ3) is 6.79. The first kappa shape index (κ1) is 25.1. The Kier molecular flexibility index (Phi) is 8.34. The molecule has 2 aliphatic rings. The molecule has 2 saturated heterocycles. The van der Waals surface area contributed by atoms with Gasteiger partial charge in [-0.3, -0.25) is 15.0 Å². The second kappa shape index (κ2) is 11.6. The summed E-state index contributed by atoms with van der Waals surface area (Å²) >= 11 is 0. The number of methoxy groups -OCH3 is 1. The van der Waals surface area contributed by atoms with Gasteiger partial charge in [-0.2, -0.15) is 5.10 Å². The van der Waals surface area contributed by atoms with Crippen LogP contribution in [0.4, 0.5) is 10.6 Å². The van der Waals surface area contributed by atoms with Gasteiger partial charge in [-0.05, 0) is 44.5 Å². The Morgan fingerprint density at radius 1 is 1.26 bits per heavy atom. The maximum atomic E-state index is 12.9. The standard InChI is InChI=1S/C24H35N7O4/c1-35-14-13-30-12-7-18(16-30)27-23(33)28-21-15-20(29-31(21)19-5-3-2-4-6-19)22(32)26-17-24(34)8-10-25-11-9-24/h2-6,15,18,25,34H,7-14,16-17H2,1H3,(H,26,32)(H2,27,28,33). The number of carbonyl (C=O) groups excluding carboxylic acids is 2. The highest BCUT2D eigenvalue weighted by Gasteiger charge is 2.30. The van der Waals surface area contributed by atoms with Gasteiger partial charge in [0.2, 0.25) is 0 Å². The van der Waals surface area contributed by atoms with Gasteiger partial charge in [-0.1, -0.05) is 18.2 Å². The molecule has 0 aliphatic carbocycles. The van der Waals surface area contributed by atoms with Crippen LogP contribution in [0.15, 0.2) is 36.4 Å². The van der Waals surface area contributed by atoms with Crippen LogP contribution in [0.2, 0.25) is 0 Å². The van der Waals surface area contributed by atoms with Crippen LogP contribution in [-0.2, 0) is 4.74 Å². The van der Waals surface area contributed by atoms with Gasteiger partial charge in [0.1, 0.15) is 5.82 Å². The molecule has 1 atom stereocenters. The van der Waals surface area contributed by atoms with Gasteiger partial charge in [-0.15, -0.1) is 0 Å².